The number of nitrogens with one attached hydrogen (secondary N) is 2. The smallest absolute Gasteiger partial charge is 0.227 e. The van der Waals surface area contributed by atoms with E-state index in [-0.39, 0.29) is 0 Å². The molecule has 0 saturated carbocycles. The predicted molar refractivity (Wildman–Crippen MR) is 106 cm³/mol. The van der Waals surface area contributed by atoms with Crippen molar-refractivity contribution >= 4 is 22.5 Å². The first kappa shape index (κ1) is 16.1. The SMILES string of the molecule is Cc1ncn(-c2ccc(Nc3ncc4cccc(-c5cn[nH]c5)c4n3)cc2)n1. The topological polar surface area (TPSA) is 97.2 Å². The highest BCUT2D eigenvalue weighted by Crippen LogP contribution is 2.27. The number of benzene rings is 2. The second kappa shape index (κ2) is 6.58. The van der Waals surface area contributed by atoms with Crippen molar-refractivity contribution in [2.75, 3.05) is 5.32 Å². The van der Waals surface area contributed by atoms with Gasteiger partial charge >= 0.3 is 0 Å². The fourth-order valence-corrected chi connectivity index (χ4v) is 3.04. The van der Waals surface area contributed by atoms with Crippen molar-refractivity contribution in [2.24, 2.45) is 0 Å². The summed E-state index contributed by atoms with van der Waals surface area (Å²) < 4.78 is 1.74. The molecule has 28 heavy (non-hydrogen) atoms. The van der Waals surface area contributed by atoms with Crippen LogP contribution in [0.2, 0.25) is 0 Å². The fourth-order valence-electron chi connectivity index (χ4n) is 3.04. The maximum atomic E-state index is 4.72. The van der Waals surface area contributed by atoms with Crippen LogP contribution in [-0.2, 0) is 0 Å². The molecule has 5 rings (SSSR count). The maximum Gasteiger partial charge on any atom is 0.227 e. The summed E-state index contributed by atoms with van der Waals surface area (Å²) in [7, 11) is 0. The van der Waals surface area contributed by atoms with E-state index >= 15 is 0 Å². The number of para-hydroxylation sites is 1. The van der Waals surface area contributed by atoms with E-state index in [1.165, 1.54) is 0 Å². The van der Waals surface area contributed by atoms with Crippen LogP contribution in [-0.4, -0.2) is 34.9 Å². The summed E-state index contributed by atoms with van der Waals surface area (Å²) in [6.45, 7) is 1.86. The Morgan fingerprint density at radius 1 is 1.00 bits per heavy atom. The van der Waals surface area contributed by atoms with Gasteiger partial charge in [-0.3, -0.25) is 5.10 Å². The molecule has 3 heterocycles. The highest BCUT2D eigenvalue weighted by atomic mass is 15.3. The number of nitrogens with zero attached hydrogens (tertiary/aromatic N) is 6. The van der Waals surface area contributed by atoms with Gasteiger partial charge in [0.2, 0.25) is 5.95 Å². The average molecular weight is 368 g/mol. The Morgan fingerprint density at radius 2 is 1.89 bits per heavy atom. The van der Waals surface area contributed by atoms with Crippen molar-refractivity contribution in [1.29, 1.82) is 0 Å². The van der Waals surface area contributed by atoms with Crippen molar-refractivity contribution in [3.63, 3.8) is 0 Å². The molecule has 8 heteroatoms. The Balaban J connectivity index is 1.46. The molecule has 136 valence electrons. The second-order valence-electron chi connectivity index (χ2n) is 6.33. The van der Waals surface area contributed by atoms with Crippen molar-refractivity contribution in [3.8, 4) is 16.8 Å². The molecule has 2 aromatic carbocycles. The lowest BCUT2D eigenvalue weighted by molar-refractivity contribution is 0.863. The molecule has 0 aliphatic rings. The van der Waals surface area contributed by atoms with Gasteiger partial charge in [0.05, 0.1) is 17.4 Å². The van der Waals surface area contributed by atoms with Crippen molar-refractivity contribution in [3.05, 3.63) is 73.2 Å². The van der Waals surface area contributed by atoms with Gasteiger partial charge in [-0.05, 0) is 31.2 Å². The Labute approximate surface area is 160 Å². The maximum absolute atomic E-state index is 4.72. The average Bonchev–Trinajstić information content (AvgIpc) is 3.40. The molecule has 8 nitrogen and oxygen atoms in total. The van der Waals surface area contributed by atoms with Crippen molar-refractivity contribution in [1.82, 2.24) is 34.9 Å². The molecule has 0 atom stereocenters. The molecule has 0 bridgehead atoms. The summed E-state index contributed by atoms with van der Waals surface area (Å²) >= 11 is 0. The van der Waals surface area contributed by atoms with Gasteiger partial charge in [0, 0.05) is 34.6 Å². The Morgan fingerprint density at radius 3 is 2.64 bits per heavy atom. The lowest BCUT2D eigenvalue weighted by atomic mass is 10.1. The fraction of sp³-hybridized carbons (Fsp3) is 0.0500. The van der Waals surface area contributed by atoms with Crippen LogP contribution in [0.5, 0.6) is 0 Å². The first-order valence-corrected chi connectivity index (χ1v) is 8.77. The third kappa shape index (κ3) is 2.96. The second-order valence-corrected chi connectivity index (χ2v) is 6.33. The number of aryl methyl sites for hydroxylation is 1. The zero-order valence-electron chi connectivity index (χ0n) is 15.0. The van der Waals surface area contributed by atoms with Crippen LogP contribution in [0.25, 0.3) is 27.7 Å². The molecule has 3 aromatic heterocycles. The van der Waals surface area contributed by atoms with Crippen LogP contribution in [0.3, 0.4) is 0 Å². The lowest BCUT2D eigenvalue weighted by Crippen LogP contribution is -1.99. The molecule has 2 N–H and O–H groups in total. The Hall–Kier alpha value is -4.07. The number of aromatic nitrogens is 7. The van der Waals surface area contributed by atoms with Gasteiger partial charge in [0.15, 0.2) is 0 Å². The molecule has 0 amide bonds. The van der Waals surface area contributed by atoms with Crippen LogP contribution in [0, 0.1) is 6.92 Å². The number of H-pyrrole nitrogens is 1. The summed E-state index contributed by atoms with van der Waals surface area (Å²) in [5, 5.41) is 15.4. The van der Waals surface area contributed by atoms with Crippen molar-refractivity contribution in [2.45, 2.75) is 6.92 Å². The van der Waals surface area contributed by atoms with Crippen molar-refractivity contribution < 1.29 is 0 Å². The molecule has 0 unspecified atom stereocenters. The first-order chi connectivity index (χ1) is 13.8. The normalized spacial score (nSPS) is 11.0. The van der Waals surface area contributed by atoms with Gasteiger partial charge in [0.1, 0.15) is 12.2 Å². The number of fused-ring (bicyclic) bond motifs is 1. The predicted octanol–water partition coefficient (Wildman–Crippen LogP) is 3.65. The Kier molecular flexibility index (Phi) is 3.79. The molecule has 0 aliphatic carbocycles. The quantitative estimate of drug-likeness (QED) is 0.502. The van der Waals surface area contributed by atoms with Gasteiger partial charge in [0.25, 0.3) is 0 Å². The van der Waals surface area contributed by atoms with E-state index in [1.54, 1.807) is 17.2 Å². The van der Waals surface area contributed by atoms with Crippen LogP contribution < -0.4 is 5.32 Å². The van der Waals surface area contributed by atoms with Gasteiger partial charge < -0.3 is 5.32 Å². The van der Waals surface area contributed by atoms with E-state index in [1.807, 2.05) is 61.8 Å². The summed E-state index contributed by atoms with van der Waals surface area (Å²) in [6.07, 6.45) is 7.16. The molecule has 0 fully saturated rings. The number of aromatic amines is 1. The van der Waals surface area contributed by atoms with E-state index in [4.69, 9.17) is 4.98 Å². The van der Waals surface area contributed by atoms with Crippen LogP contribution in [0.1, 0.15) is 5.82 Å². The third-order valence-electron chi connectivity index (χ3n) is 4.41. The minimum Gasteiger partial charge on any atom is -0.324 e. The first-order valence-electron chi connectivity index (χ1n) is 8.77. The number of hydrogen-bond acceptors (Lipinski definition) is 6. The molecule has 5 aromatic rings. The van der Waals surface area contributed by atoms with E-state index in [9.17, 15) is 0 Å². The summed E-state index contributed by atoms with van der Waals surface area (Å²) in [5.41, 5.74) is 4.70. The zero-order valence-corrected chi connectivity index (χ0v) is 15.0. The van der Waals surface area contributed by atoms with Gasteiger partial charge in [-0.25, -0.2) is 19.6 Å². The van der Waals surface area contributed by atoms with Gasteiger partial charge in [-0.2, -0.15) is 10.2 Å². The zero-order chi connectivity index (χ0) is 18.9. The largest absolute Gasteiger partial charge is 0.324 e. The van der Waals surface area contributed by atoms with Gasteiger partial charge in [-0.15, -0.1) is 0 Å². The molecular weight excluding hydrogens is 352 g/mol. The van der Waals surface area contributed by atoms with E-state index in [0.29, 0.717) is 5.95 Å². The molecule has 0 spiro atoms. The third-order valence-corrected chi connectivity index (χ3v) is 4.41. The van der Waals surface area contributed by atoms with Crippen LogP contribution in [0.15, 0.2) is 67.4 Å². The highest BCUT2D eigenvalue weighted by molar-refractivity contribution is 5.93. The lowest BCUT2D eigenvalue weighted by Gasteiger charge is -2.09. The summed E-state index contributed by atoms with van der Waals surface area (Å²) in [5.74, 6) is 1.27. The molecule has 0 aliphatic heterocycles. The Bertz CT molecular complexity index is 1240. The molecule has 0 saturated heterocycles. The molecule has 0 radical (unpaired) electrons. The van der Waals surface area contributed by atoms with Gasteiger partial charge in [-0.1, -0.05) is 18.2 Å². The number of hydrogen-bond donors (Lipinski definition) is 2. The minimum absolute atomic E-state index is 0.535. The monoisotopic (exact) mass is 368 g/mol. The van der Waals surface area contributed by atoms with Crippen LogP contribution >= 0.6 is 0 Å². The van der Waals surface area contributed by atoms with E-state index in [0.717, 1.165) is 39.2 Å². The number of anilines is 2. The summed E-state index contributed by atoms with van der Waals surface area (Å²) in [4.78, 5) is 13.3. The van der Waals surface area contributed by atoms with E-state index < -0.39 is 0 Å². The van der Waals surface area contributed by atoms with Crippen LogP contribution in [0.4, 0.5) is 11.6 Å². The summed E-state index contributed by atoms with van der Waals surface area (Å²) in [6, 6.07) is 13.9. The van der Waals surface area contributed by atoms with E-state index in [2.05, 4.69) is 30.6 Å². The standard InChI is InChI=1S/C20H16N8/c1-13-22-12-28(27-13)17-7-5-16(6-8-17)25-20-21-9-14-3-2-4-18(19(14)26-20)15-10-23-24-11-15/h2-12H,1H3,(H,23,24)(H,21,25,26). The minimum atomic E-state index is 0.535. The number of rotatable bonds is 4. The highest BCUT2D eigenvalue weighted by Gasteiger charge is 2.08. The molecular formula is C20H16N8.